The Morgan fingerprint density at radius 3 is 2.17 bits per heavy atom. The molecule has 0 aromatic heterocycles. The summed E-state index contributed by atoms with van der Waals surface area (Å²) in [5.41, 5.74) is 0.725. The van der Waals surface area contributed by atoms with Gasteiger partial charge >= 0.3 is 0 Å². The van der Waals surface area contributed by atoms with Crippen LogP contribution in [0.25, 0.3) is 0 Å². The third-order valence-electron chi connectivity index (χ3n) is 6.23. The summed E-state index contributed by atoms with van der Waals surface area (Å²) in [6.45, 7) is 5.23. The quantitative estimate of drug-likeness (QED) is 0.261. The molecule has 12 heteroatoms. The molecule has 0 fully saturated rings. The Labute approximate surface area is 256 Å². The first-order valence-corrected chi connectivity index (χ1v) is 15.3. The zero-order chi connectivity index (χ0) is 30.3. The third-order valence-corrected chi connectivity index (χ3v) is 8.84. The Bertz CT molecular complexity index is 1480. The van der Waals surface area contributed by atoms with Crippen molar-refractivity contribution < 1.29 is 22.7 Å². The van der Waals surface area contributed by atoms with Crippen molar-refractivity contribution in [1.29, 1.82) is 0 Å². The second-order valence-electron chi connectivity index (χ2n) is 9.74. The molecule has 0 spiro atoms. The van der Waals surface area contributed by atoms with E-state index < -0.39 is 28.5 Å². The molecule has 3 aromatic carbocycles. The van der Waals surface area contributed by atoms with Crippen molar-refractivity contribution in [3.05, 3.63) is 87.4 Å². The van der Waals surface area contributed by atoms with E-state index in [0.29, 0.717) is 27.9 Å². The van der Waals surface area contributed by atoms with E-state index in [1.807, 2.05) is 13.8 Å². The summed E-state index contributed by atoms with van der Waals surface area (Å²) < 4.78 is 33.9. The number of carbonyl (C=O) groups excluding carboxylic acids is 2. The molecule has 220 valence electrons. The van der Waals surface area contributed by atoms with Gasteiger partial charge in [0.1, 0.15) is 18.3 Å². The van der Waals surface area contributed by atoms with Gasteiger partial charge in [-0.1, -0.05) is 60.8 Å². The Balaban J connectivity index is 2.04. The molecule has 0 saturated carbocycles. The third kappa shape index (κ3) is 8.52. The van der Waals surface area contributed by atoms with E-state index in [-0.39, 0.29) is 34.0 Å². The molecule has 0 radical (unpaired) electrons. The lowest BCUT2D eigenvalue weighted by atomic mass is 10.1. The molecule has 0 heterocycles. The van der Waals surface area contributed by atoms with Gasteiger partial charge in [-0.2, -0.15) is 0 Å². The van der Waals surface area contributed by atoms with Crippen LogP contribution in [0.5, 0.6) is 5.75 Å². The number of nitrogens with one attached hydrogen (secondary N) is 1. The summed E-state index contributed by atoms with van der Waals surface area (Å²) in [4.78, 5) is 28.3. The Morgan fingerprint density at radius 2 is 1.59 bits per heavy atom. The van der Waals surface area contributed by atoms with Gasteiger partial charge in [-0.15, -0.1) is 0 Å². The first-order chi connectivity index (χ1) is 19.3. The van der Waals surface area contributed by atoms with Crippen LogP contribution in [-0.2, 0) is 26.2 Å². The van der Waals surface area contributed by atoms with Crippen LogP contribution in [0, 0.1) is 5.92 Å². The monoisotopic (exact) mass is 639 g/mol. The number of rotatable bonds is 12. The van der Waals surface area contributed by atoms with Gasteiger partial charge in [-0.3, -0.25) is 13.9 Å². The topological polar surface area (TPSA) is 96.0 Å². The van der Waals surface area contributed by atoms with Crippen LogP contribution in [0.4, 0.5) is 5.69 Å². The molecule has 3 rings (SSSR count). The fourth-order valence-electron chi connectivity index (χ4n) is 3.90. The SMILES string of the molecule is COc1ccc(S(=O)(=O)N(CC(=O)N(Cc2ccc(Cl)cc2Cl)C(C)C(=O)NCC(C)C)c2cccc(Cl)c2)cc1. The van der Waals surface area contributed by atoms with Crippen molar-refractivity contribution in [2.45, 2.75) is 38.3 Å². The van der Waals surface area contributed by atoms with Crippen LogP contribution in [0.15, 0.2) is 71.6 Å². The van der Waals surface area contributed by atoms with Crippen molar-refractivity contribution >= 4 is 62.3 Å². The number of nitrogens with zero attached hydrogens (tertiary/aromatic N) is 2. The maximum absolute atomic E-state index is 14.0. The molecular formula is C29H32Cl3N3O5S. The number of sulfonamides is 1. The second kappa shape index (κ2) is 14.3. The summed E-state index contributed by atoms with van der Waals surface area (Å²) in [6.07, 6.45) is 0. The number of carbonyl (C=O) groups is 2. The van der Waals surface area contributed by atoms with E-state index in [2.05, 4.69) is 5.32 Å². The molecule has 0 saturated heterocycles. The van der Waals surface area contributed by atoms with Gasteiger partial charge in [0.05, 0.1) is 17.7 Å². The number of amides is 2. The van der Waals surface area contributed by atoms with Crippen molar-refractivity contribution in [1.82, 2.24) is 10.2 Å². The van der Waals surface area contributed by atoms with Crippen LogP contribution in [0.2, 0.25) is 15.1 Å². The van der Waals surface area contributed by atoms with Gasteiger partial charge in [-0.05, 0) is 73.0 Å². The first kappa shape index (κ1) is 32.5. The normalized spacial score (nSPS) is 12.1. The molecule has 0 aliphatic carbocycles. The van der Waals surface area contributed by atoms with Crippen LogP contribution in [0.3, 0.4) is 0 Å². The number of methoxy groups -OCH3 is 1. The van der Waals surface area contributed by atoms with Gasteiger partial charge in [0, 0.05) is 28.2 Å². The Kier molecular flexibility index (Phi) is 11.3. The van der Waals surface area contributed by atoms with E-state index in [0.717, 1.165) is 4.31 Å². The molecule has 0 bridgehead atoms. The van der Waals surface area contributed by atoms with Crippen LogP contribution < -0.4 is 14.4 Å². The minimum Gasteiger partial charge on any atom is -0.497 e. The smallest absolute Gasteiger partial charge is 0.264 e. The minimum absolute atomic E-state index is 0.0545. The van der Waals surface area contributed by atoms with Crippen LogP contribution in [-0.4, -0.2) is 51.4 Å². The maximum atomic E-state index is 14.0. The van der Waals surface area contributed by atoms with E-state index in [4.69, 9.17) is 39.5 Å². The highest BCUT2D eigenvalue weighted by Crippen LogP contribution is 2.28. The summed E-state index contributed by atoms with van der Waals surface area (Å²) in [5, 5.41) is 3.85. The van der Waals surface area contributed by atoms with Gasteiger partial charge in [0.2, 0.25) is 11.8 Å². The van der Waals surface area contributed by atoms with Crippen molar-refractivity contribution in [2.75, 3.05) is 24.5 Å². The van der Waals surface area contributed by atoms with Crippen molar-refractivity contribution in [2.24, 2.45) is 5.92 Å². The molecule has 41 heavy (non-hydrogen) atoms. The lowest BCUT2D eigenvalue weighted by Gasteiger charge is -2.32. The van der Waals surface area contributed by atoms with Crippen LogP contribution in [0.1, 0.15) is 26.3 Å². The summed E-state index contributed by atoms with van der Waals surface area (Å²) >= 11 is 18.7. The van der Waals surface area contributed by atoms with Crippen LogP contribution >= 0.6 is 34.8 Å². The van der Waals surface area contributed by atoms with E-state index in [1.54, 1.807) is 37.3 Å². The second-order valence-corrected chi connectivity index (χ2v) is 12.9. The predicted octanol–water partition coefficient (Wildman–Crippen LogP) is 6.04. The standard InChI is InChI=1S/C29H32Cl3N3O5S/c1-19(2)16-33-29(37)20(3)34(17-21-8-9-23(31)15-27(21)32)28(36)18-35(24-7-5-6-22(30)14-24)41(38,39)26-12-10-25(40-4)11-13-26/h5-15,19-20H,16-18H2,1-4H3,(H,33,37). The highest BCUT2D eigenvalue weighted by Gasteiger charge is 2.33. The first-order valence-electron chi connectivity index (χ1n) is 12.8. The number of anilines is 1. The number of hydrogen-bond acceptors (Lipinski definition) is 5. The van der Waals surface area contributed by atoms with E-state index in [1.165, 1.54) is 48.4 Å². The van der Waals surface area contributed by atoms with E-state index in [9.17, 15) is 18.0 Å². The highest BCUT2D eigenvalue weighted by atomic mass is 35.5. The lowest BCUT2D eigenvalue weighted by Crippen LogP contribution is -2.51. The maximum Gasteiger partial charge on any atom is 0.264 e. The average Bonchev–Trinajstić information content (AvgIpc) is 2.93. The zero-order valence-electron chi connectivity index (χ0n) is 23.1. The minimum atomic E-state index is -4.25. The highest BCUT2D eigenvalue weighted by molar-refractivity contribution is 7.92. The number of benzene rings is 3. The van der Waals surface area contributed by atoms with Crippen molar-refractivity contribution in [3.63, 3.8) is 0 Å². The summed E-state index contributed by atoms with van der Waals surface area (Å²) in [7, 11) is -2.78. The number of ether oxygens (including phenoxy) is 1. The van der Waals surface area contributed by atoms with Gasteiger partial charge in [0.15, 0.2) is 0 Å². The Hall–Kier alpha value is -2.98. The summed E-state index contributed by atoms with van der Waals surface area (Å²) in [5.74, 6) is -0.347. The molecule has 1 unspecified atom stereocenters. The van der Waals surface area contributed by atoms with Gasteiger partial charge in [0.25, 0.3) is 10.0 Å². The molecule has 1 atom stereocenters. The predicted molar refractivity (Wildman–Crippen MR) is 163 cm³/mol. The van der Waals surface area contributed by atoms with Gasteiger partial charge < -0.3 is 15.0 Å². The molecule has 0 aliphatic heterocycles. The molecule has 1 N–H and O–H groups in total. The summed E-state index contributed by atoms with van der Waals surface area (Å²) in [6, 6.07) is 15.9. The number of halogens is 3. The van der Waals surface area contributed by atoms with Gasteiger partial charge in [-0.25, -0.2) is 8.42 Å². The molecule has 2 amide bonds. The fraction of sp³-hybridized carbons (Fsp3) is 0.310. The average molecular weight is 641 g/mol. The molecular weight excluding hydrogens is 609 g/mol. The largest absolute Gasteiger partial charge is 0.497 e. The lowest BCUT2D eigenvalue weighted by molar-refractivity contribution is -0.139. The van der Waals surface area contributed by atoms with Crippen molar-refractivity contribution in [3.8, 4) is 5.75 Å². The molecule has 8 nitrogen and oxygen atoms in total. The number of hydrogen-bond donors (Lipinski definition) is 1. The fourth-order valence-corrected chi connectivity index (χ4v) is 5.96. The zero-order valence-corrected chi connectivity index (χ0v) is 26.2. The van der Waals surface area contributed by atoms with E-state index >= 15 is 0 Å². The Morgan fingerprint density at radius 1 is 0.927 bits per heavy atom. The molecule has 3 aromatic rings. The molecule has 0 aliphatic rings.